The highest BCUT2D eigenvalue weighted by Crippen LogP contribution is 2.36. The minimum atomic E-state index is -0.395. The second kappa shape index (κ2) is 11.5. The molecule has 0 amide bonds. The first-order chi connectivity index (χ1) is 20.6. The Morgan fingerprint density at radius 1 is 1.00 bits per heavy atom. The van der Waals surface area contributed by atoms with Gasteiger partial charge >= 0.3 is 0 Å². The maximum absolute atomic E-state index is 13.8. The van der Waals surface area contributed by atoms with Crippen LogP contribution in [0.5, 0.6) is 0 Å². The number of nitriles is 2. The van der Waals surface area contributed by atoms with Gasteiger partial charge in [0.2, 0.25) is 0 Å². The molecule has 42 heavy (non-hydrogen) atoms. The van der Waals surface area contributed by atoms with Crippen molar-refractivity contribution in [1.82, 2.24) is 21.0 Å². The Balaban J connectivity index is 1.44. The number of hydrogen-bond acceptors (Lipinski definition) is 8. The van der Waals surface area contributed by atoms with Crippen LogP contribution in [0.25, 0.3) is 10.9 Å². The number of anilines is 2. The van der Waals surface area contributed by atoms with Crippen LogP contribution < -0.4 is 21.6 Å². The van der Waals surface area contributed by atoms with Gasteiger partial charge in [0.15, 0.2) is 0 Å². The first-order valence-electron chi connectivity index (χ1n) is 13.6. The predicted molar refractivity (Wildman–Crippen MR) is 159 cm³/mol. The summed E-state index contributed by atoms with van der Waals surface area (Å²) in [6.07, 6.45) is 11.8. The van der Waals surface area contributed by atoms with Crippen molar-refractivity contribution in [3.8, 4) is 24.5 Å². The number of nitrogens with one attached hydrogen (secondary N) is 4. The van der Waals surface area contributed by atoms with E-state index in [2.05, 4.69) is 44.6 Å². The van der Waals surface area contributed by atoms with Crippen molar-refractivity contribution in [1.29, 1.82) is 10.5 Å². The number of terminal acetylenes is 1. The zero-order valence-electron chi connectivity index (χ0n) is 22.6. The maximum atomic E-state index is 13.8. The third kappa shape index (κ3) is 5.40. The summed E-state index contributed by atoms with van der Waals surface area (Å²) in [6.45, 7) is 0. The summed E-state index contributed by atoms with van der Waals surface area (Å²) >= 11 is 0. The van der Waals surface area contributed by atoms with Gasteiger partial charge in [-0.15, -0.1) is 17.9 Å². The predicted octanol–water partition coefficient (Wildman–Crippen LogP) is 5.78. The molecule has 0 radical (unpaired) electrons. The Labute approximate surface area is 243 Å². The lowest BCUT2D eigenvalue weighted by atomic mass is 9.99. The van der Waals surface area contributed by atoms with E-state index in [1.165, 1.54) is 18.3 Å². The molecule has 1 aliphatic heterocycles. The number of halogens is 1. The Morgan fingerprint density at radius 3 is 2.45 bits per heavy atom. The van der Waals surface area contributed by atoms with Gasteiger partial charge in [0.05, 0.1) is 40.1 Å². The van der Waals surface area contributed by atoms with Crippen LogP contribution in [0, 0.1) is 40.8 Å². The number of fused-ring (bicyclic) bond motifs is 1. The molecule has 3 aromatic carbocycles. The van der Waals surface area contributed by atoms with Crippen LogP contribution in [-0.2, 0) is 0 Å². The summed E-state index contributed by atoms with van der Waals surface area (Å²) in [5.74, 6) is 2.40. The minimum absolute atomic E-state index is 0.268. The summed E-state index contributed by atoms with van der Waals surface area (Å²) in [7, 11) is 0. The second-order valence-corrected chi connectivity index (χ2v) is 10.3. The van der Waals surface area contributed by atoms with Crippen LogP contribution in [0.4, 0.5) is 15.8 Å². The van der Waals surface area contributed by atoms with Crippen molar-refractivity contribution >= 4 is 22.3 Å². The molecule has 6 rings (SSSR count). The van der Waals surface area contributed by atoms with E-state index < -0.39 is 6.04 Å². The van der Waals surface area contributed by atoms with Gasteiger partial charge in [-0.05, 0) is 48.2 Å². The first-order valence-corrected chi connectivity index (χ1v) is 13.6. The standard InChI is InChI=1S/C33H27FN8/c1-2-6-29(21-7-4-3-5-8-21)39-32-24(18-36)19-37-31-23(17-35)15-26(16-28(31)32)38-33(22-9-11-25(34)12-10-22)30-20-42(41-40-30)27-13-14-27/h1,3-5,7-12,15-16,19-20,27,29,33,38,40-41H,6,13-14H2,(H,37,39)/t29-,33?/m1/s1. The number of rotatable bonds is 9. The van der Waals surface area contributed by atoms with Gasteiger partial charge in [-0.2, -0.15) is 10.5 Å². The summed E-state index contributed by atoms with van der Waals surface area (Å²) in [6, 6.07) is 23.9. The molecule has 1 fully saturated rings. The number of nitrogens with zero attached hydrogens (tertiary/aromatic N) is 4. The van der Waals surface area contributed by atoms with Crippen LogP contribution in [0.15, 0.2) is 84.8 Å². The average molecular weight is 555 g/mol. The van der Waals surface area contributed by atoms with Gasteiger partial charge in [0, 0.05) is 35.9 Å². The van der Waals surface area contributed by atoms with Crippen molar-refractivity contribution in [3.63, 3.8) is 0 Å². The molecule has 1 saturated carbocycles. The highest BCUT2D eigenvalue weighted by Gasteiger charge is 2.32. The van der Waals surface area contributed by atoms with E-state index in [0.29, 0.717) is 45.9 Å². The van der Waals surface area contributed by atoms with Gasteiger partial charge in [-0.25, -0.2) is 4.39 Å². The third-order valence-electron chi connectivity index (χ3n) is 7.43. The van der Waals surface area contributed by atoms with Crippen molar-refractivity contribution in [3.05, 3.63) is 113 Å². The van der Waals surface area contributed by atoms with Crippen LogP contribution in [0.1, 0.15) is 53.6 Å². The number of pyridine rings is 1. The SMILES string of the molecule is C#CC[C@@H](Nc1c(C#N)cnc2c(C#N)cc(NC(C3=CN(C4CC4)NN3)c3ccc(F)cc3)cc12)c1ccccc1. The monoisotopic (exact) mass is 554 g/mol. The molecule has 9 heteroatoms. The molecule has 2 aliphatic rings. The summed E-state index contributed by atoms with van der Waals surface area (Å²) < 4.78 is 13.8. The summed E-state index contributed by atoms with van der Waals surface area (Å²) in [5.41, 5.74) is 11.4. The van der Waals surface area contributed by atoms with E-state index >= 15 is 0 Å². The van der Waals surface area contributed by atoms with E-state index in [0.717, 1.165) is 29.7 Å². The fourth-order valence-corrected chi connectivity index (χ4v) is 5.14. The van der Waals surface area contributed by atoms with Crippen LogP contribution in [-0.4, -0.2) is 16.0 Å². The van der Waals surface area contributed by atoms with E-state index in [9.17, 15) is 14.9 Å². The average Bonchev–Trinajstić information content (AvgIpc) is 3.76. The van der Waals surface area contributed by atoms with E-state index in [4.69, 9.17) is 6.42 Å². The molecule has 2 heterocycles. The Bertz CT molecular complexity index is 1780. The molecule has 0 saturated heterocycles. The van der Waals surface area contributed by atoms with Gasteiger partial charge in [0.25, 0.3) is 0 Å². The summed E-state index contributed by atoms with van der Waals surface area (Å²) in [4.78, 5) is 4.48. The molecular formula is C33H27FN8. The van der Waals surface area contributed by atoms with Crippen molar-refractivity contribution in [2.45, 2.75) is 37.4 Å². The maximum Gasteiger partial charge on any atom is 0.123 e. The molecule has 1 aliphatic carbocycles. The smallest absolute Gasteiger partial charge is 0.123 e. The third-order valence-corrected chi connectivity index (χ3v) is 7.43. The lowest BCUT2D eigenvalue weighted by Crippen LogP contribution is -2.38. The van der Waals surface area contributed by atoms with E-state index in [1.54, 1.807) is 18.2 Å². The van der Waals surface area contributed by atoms with Crippen LogP contribution >= 0.6 is 0 Å². The van der Waals surface area contributed by atoms with Crippen molar-refractivity contribution < 1.29 is 4.39 Å². The number of hydrogen-bond donors (Lipinski definition) is 4. The zero-order valence-corrected chi connectivity index (χ0v) is 22.6. The number of hydrazine groups is 2. The minimum Gasteiger partial charge on any atom is -0.376 e. The van der Waals surface area contributed by atoms with Crippen molar-refractivity contribution in [2.24, 2.45) is 0 Å². The molecule has 0 spiro atoms. The molecule has 8 nitrogen and oxygen atoms in total. The lowest BCUT2D eigenvalue weighted by Gasteiger charge is -2.23. The Morgan fingerprint density at radius 2 is 1.76 bits per heavy atom. The topological polar surface area (TPSA) is 112 Å². The molecular weight excluding hydrogens is 527 g/mol. The van der Waals surface area contributed by atoms with Crippen LogP contribution in [0.2, 0.25) is 0 Å². The Hall–Kier alpha value is -5.56. The normalized spacial score (nSPS) is 15.5. The molecule has 0 bridgehead atoms. The molecule has 4 N–H and O–H groups in total. The molecule has 1 aromatic heterocycles. The highest BCUT2D eigenvalue weighted by molar-refractivity contribution is 5.99. The van der Waals surface area contributed by atoms with Gasteiger partial charge in [-0.1, -0.05) is 42.5 Å². The lowest BCUT2D eigenvalue weighted by molar-refractivity contribution is 0.260. The Kier molecular flexibility index (Phi) is 7.30. The van der Waals surface area contributed by atoms with Crippen LogP contribution in [0.3, 0.4) is 0 Å². The van der Waals surface area contributed by atoms with Gasteiger partial charge < -0.3 is 16.1 Å². The highest BCUT2D eigenvalue weighted by atomic mass is 19.1. The molecule has 4 aromatic rings. The second-order valence-electron chi connectivity index (χ2n) is 10.3. The fourth-order valence-electron chi connectivity index (χ4n) is 5.14. The van der Waals surface area contributed by atoms with Gasteiger partial charge in [-0.3, -0.25) is 9.99 Å². The van der Waals surface area contributed by atoms with E-state index in [-0.39, 0.29) is 11.9 Å². The van der Waals surface area contributed by atoms with Crippen molar-refractivity contribution in [2.75, 3.05) is 10.6 Å². The van der Waals surface area contributed by atoms with Gasteiger partial charge in [0.1, 0.15) is 18.0 Å². The quantitative estimate of drug-likeness (QED) is 0.193. The fraction of sp³-hybridized carbons (Fsp3) is 0.182. The number of benzene rings is 3. The van der Waals surface area contributed by atoms with E-state index in [1.807, 2.05) is 47.6 Å². The number of aromatic nitrogens is 1. The summed E-state index contributed by atoms with van der Waals surface area (Å²) in [5, 5.41) is 29.8. The zero-order chi connectivity index (χ0) is 29.1. The molecule has 206 valence electrons. The largest absolute Gasteiger partial charge is 0.376 e. The molecule has 1 unspecified atom stereocenters. The first kappa shape index (κ1) is 26.7. The molecule has 2 atom stereocenters.